The van der Waals surface area contributed by atoms with Crippen LogP contribution in [0.25, 0.3) is 0 Å². The van der Waals surface area contributed by atoms with Crippen LogP contribution in [0.3, 0.4) is 0 Å². The average Bonchev–Trinajstić information content (AvgIpc) is 3.37. The third-order valence-corrected chi connectivity index (χ3v) is 7.36. The molecular formula is C26H19Cl2N5O4. The van der Waals surface area contributed by atoms with E-state index in [-0.39, 0.29) is 34.4 Å². The van der Waals surface area contributed by atoms with Crippen LogP contribution in [0.4, 0.5) is 16.3 Å². The van der Waals surface area contributed by atoms with E-state index in [9.17, 15) is 24.8 Å². The number of likely N-dealkylation sites (N-methyl/N-ethyl adjacent to an activating group) is 1. The highest BCUT2D eigenvalue weighted by Crippen LogP contribution is 2.47. The summed E-state index contributed by atoms with van der Waals surface area (Å²) in [5.41, 5.74) is 0.161. The Balaban J connectivity index is 1.64. The predicted molar refractivity (Wildman–Crippen MR) is 137 cm³/mol. The molecule has 37 heavy (non-hydrogen) atoms. The van der Waals surface area contributed by atoms with Crippen LogP contribution in [0.2, 0.25) is 10.0 Å². The molecule has 3 amide bonds. The fraction of sp³-hybridized carbons (Fsp3) is 0.192. The topological polar surface area (TPSA) is 118 Å². The van der Waals surface area contributed by atoms with Gasteiger partial charge in [-0.3, -0.25) is 4.79 Å². The lowest BCUT2D eigenvalue weighted by molar-refractivity contribution is -0.124. The monoisotopic (exact) mass is 535 g/mol. The van der Waals surface area contributed by atoms with Crippen LogP contribution < -0.4 is 9.80 Å². The lowest BCUT2D eigenvalue weighted by Gasteiger charge is -2.33. The molecule has 1 N–H and O–H groups in total. The van der Waals surface area contributed by atoms with Crippen molar-refractivity contribution in [1.29, 1.82) is 5.26 Å². The van der Waals surface area contributed by atoms with Crippen LogP contribution in [-0.2, 0) is 4.79 Å². The standard InChI is InChI=1S/C26H19Cl2N5O4/c1-31-25(37)33(20-10-18(27)9-19(28)11-20)24(36)26(31)14-32(22-8-17(23(34)35)6-7-30-22)13-21(26)16-4-2-15(12-29)3-5-16/h2-11,21H,13-14H2,1H3,(H,34,35). The molecule has 0 aliphatic carbocycles. The number of urea groups is 1. The van der Waals surface area contributed by atoms with Crippen molar-refractivity contribution in [3.63, 3.8) is 0 Å². The molecule has 0 bridgehead atoms. The number of rotatable bonds is 4. The first-order valence-electron chi connectivity index (χ1n) is 11.2. The van der Waals surface area contributed by atoms with Gasteiger partial charge in [-0.2, -0.15) is 5.26 Å². The molecule has 0 saturated carbocycles. The Morgan fingerprint density at radius 3 is 2.41 bits per heavy atom. The van der Waals surface area contributed by atoms with Gasteiger partial charge in [-0.1, -0.05) is 35.3 Å². The number of hydrogen-bond acceptors (Lipinski definition) is 6. The first-order chi connectivity index (χ1) is 17.6. The van der Waals surface area contributed by atoms with Gasteiger partial charge in [-0.25, -0.2) is 19.5 Å². The molecule has 0 radical (unpaired) electrons. The van der Waals surface area contributed by atoms with Crippen LogP contribution in [-0.4, -0.2) is 58.6 Å². The van der Waals surface area contributed by atoms with E-state index in [1.54, 1.807) is 36.2 Å². The summed E-state index contributed by atoms with van der Waals surface area (Å²) < 4.78 is 0. The third kappa shape index (κ3) is 3.95. The summed E-state index contributed by atoms with van der Waals surface area (Å²) in [7, 11) is 1.56. The van der Waals surface area contributed by atoms with Crippen molar-refractivity contribution < 1.29 is 19.5 Å². The van der Waals surface area contributed by atoms with Crippen molar-refractivity contribution >= 4 is 52.6 Å². The fourth-order valence-electron chi connectivity index (χ4n) is 5.10. The number of carboxylic acid groups (broad SMARTS) is 1. The van der Waals surface area contributed by atoms with Gasteiger partial charge in [-0.15, -0.1) is 0 Å². The molecular weight excluding hydrogens is 517 g/mol. The average molecular weight is 536 g/mol. The van der Waals surface area contributed by atoms with Crippen molar-refractivity contribution in [2.45, 2.75) is 11.5 Å². The maximum atomic E-state index is 14.2. The minimum absolute atomic E-state index is 0.0539. The number of amides is 3. The van der Waals surface area contributed by atoms with E-state index in [1.165, 1.54) is 41.4 Å². The maximum Gasteiger partial charge on any atom is 0.335 e. The number of nitriles is 1. The van der Waals surface area contributed by atoms with Gasteiger partial charge in [0, 0.05) is 35.8 Å². The Hall–Kier alpha value is -4.13. The maximum absolute atomic E-state index is 14.2. The number of imide groups is 1. The van der Waals surface area contributed by atoms with Crippen LogP contribution in [0.15, 0.2) is 60.8 Å². The van der Waals surface area contributed by atoms with Crippen LogP contribution >= 0.6 is 23.2 Å². The smallest absolute Gasteiger partial charge is 0.335 e. The summed E-state index contributed by atoms with van der Waals surface area (Å²) >= 11 is 12.3. The molecule has 3 heterocycles. The van der Waals surface area contributed by atoms with E-state index in [1.807, 2.05) is 0 Å². The second kappa shape index (κ2) is 9.07. The number of anilines is 2. The Morgan fingerprint density at radius 2 is 1.78 bits per heavy atom. The number of hydrogen-bond donors (Lipinski definition) is 1. The number of pyridine rings is 1. The number of halogens is 2. The van der Waals surface area contributed by atoms with Gasteiger partial charge in [0.2, 0.25) is 0 Å². The number of benzene rings is 2. The van der Waals surface area contributed by atoms with Gasteiger partial charge in [0.1, 0.15) is 11.4 Å². The van der Waals surface area contributed by atoms with Gasteiger partial charge in [0.05, 0.1) is 29.4 Å². The van der Waals surface area contributed by atoms with Crippen LogP contribution in [0, 0.1) is 11.3 Å². The summed E-state index contributed by atoms with van der Waals surface area (Å²) in [5.74, 6) is -1.72. The van der Waals surface area contributed by atoms with Gasteiger partial charge < -0.3 is 14.9 Å². The van der Waals surface area contributed by atoms with E-state index in [0.717, 1.165) is 10.5 Å². The van der Waals surface area contributed by atoms with Crippen LogP contribution in [0.1, 0.15) is 27.4 Å². The highest BCUT2D eigenvalue weighted by molar-refractivity contribution is 6.36. The SMILES string of the molecule is CN1C(=O)N(c2cc(Cl)cc(Cl)c2)C(=O)C12CN(c1cc(C(=O)O)ccn1)CC2c1ccc(C#N)cc1. The molecule has 11 heteroatoms. The zero-order chi connectivity index (χ0) is 26.5. The van der Waals surface area contributed by atoms with E-state index < -0.39 is 29.4 Å². The van der Waals surface area contributed by atoms with Gasteiger partial charge in [-0.05, 0) is 48.0 Å². The largest absolute Gasteiger partial charge is 0.478 e. The van der Waals surface area contributed by atoms with E-state index in [0.29, 0.717) is 11.4 Å². The van der Waals surface area contributed by atoms with Crippen LogP contribution in [0.5, 0.6) is 0 Å². The highest BCUT2D eigenvalue weighted by Gasteiger charge is 2.64. The fourth-order valence-corrected chi connectivity index (χ4v) is 5.62. The molecule has 1 aromatic heterocycles. The van der Waals surface area contributed by atoms with Gasteiger partial charge in [0.15, 0.2) is 0 Å². The Bertz CT molecular complexity index is 1470. The summed E-state index contributed by atoms with van der Waals surface area (Å²) in [6.45, 7) is 0.342. The van der Waals surface area contributed by atoms with Crippen molar-refractivity contribution in [3.8, 4) is 6.07 Å². The normalized spacial score (nSPS) is 21.1. The molecule has 9 nitrogen and oxygen atoms in total. The minimum atomic E-state index is -1.35. The Labute approximate surface area is 222 Å². The molecule has 1 spiro atoms. The summed E-state index contributed by atoms with van der Waals surface area (Å²) in [6, 6.07) is 15.7. The lowest BCUT2D eigenvalue weighted by Crippen LogP contribution is -2.53. The third-order valence-electron chi connectivity index (χ3n) is 6.93. The summed E-state index contributed by atoms with van der Waals surface area (Å²) in [6.07, 6.45) is 1.39. The van der Waals surface area contributed by atoms with Gasteiger partial charge >= 0.3 is 12.0 Å². The van der Waals surface area contributed by atoms with Crippen molar-refractivity contribution in [2.75, 3.05) is 29.9 Å². The van der Waals surface area contributed by atoms with E-state index >= 15 is 0 Å². The summed E-state index contributed by atoms with van der Waals surface area (Å²) in [5, 5.41) is 19.2. The minimum Gasteiger partial charge on any atom is -0.478 e. The number of carboxylic acids is 1. The van der Waals surface area contributed by atoms with Crippen molar-refractivity contribution in [2.24, 2.45) is 0 Å². The van der Waals surface area contributed by atoms with Gasteiger partial charge in [0.25, 0.3) is 5.91 Å². The number of carbonyl (C=O) groups is 3. The summed E-state index contributed by atoms with van der Waals surface area (Å²) in [4.78, 5) is 47.9. The molecule has 2 aromatic carbocycles. The molecule has 5 rings (SSSR count). The highest BCUT2D eigenvalue weighted by atomic mass is 35.5. The molecule has 2 aliphatic heterocycles. The number of aromatic carboxylic acids is 1. The first kappa shape index (κ1) is 24.6. The predicted octanol–water partition coefficient (Wildman–Crippen LogP) is 4.40. The second-order valence-electron chi connectivity index (χ2n) is 8.91. The molecule has 3 aromatic rings. The molecule has 186 valence electrons. The van der Waals surface area contributed by atoms with Crippen molar-refractivity contribution in [1.82, 2.24) is 9.88 Å². The molecule has 2 atom stereocenters. The number of nitrogens with zero attached hydrogens (tertiary/aromatic N) is 5. The zero-order valence-electron chi connectivity index (χ0n) is 19.4. The first-order valence-corrected chi connectivity index (χ1v) is 11.9. The Kier molecular flexibility index (Phi) is 6.02. The quantitative estimate of drug-likeness (QED) is 0.491. The zero-order valence-corrected chi connectivity index (χ0v) is 20.9. The number of carbonyl (C=O) groups excluding carboxylic acids is 2. The lowest BCUT2D eigenvalue weighted by atomic mass is 9.80. The molecule has 2 fully saturated rings. The Morgan fingerprint density at radius 1 is 1.11 bits per heavy atom. The molecule has 2 saturated heterocycles. The molecule has 2 aliphatic rings. The number of aromatic nitrogens is 1. The van der Waals surface area contributed by atoms with Crippen molar-refractivity contribution in [3.05, 3.63) is 87.5 Å². The van der Waals surface area contributed by atoms with E-state index in [4.69, 9.17) is 23.2 Å². The second-order valence-corrected chi connectivity index (χ2v) is 9.78. The van der Waals surface area contributed by atoms with E-state index in [2.05, 4.69) is 11.1 Å². The molecule has 2 unspecified atom stereocenters.